The zero-order valence-corrected chi connectivity index (χ0v) is 3.57. The third-order valence-corrected chi connectivity index (χ3v) is 0. The van der Waals surface area contributed by atoms with Gasteiger partial charge in [-0.25, -0.2) is 0 Å². The van der Waals surface area contributed by atoms with Gasteiger partial charge in [-0.3, -0.25) is 14.1 Å². The first-order valence-corrected chi connectivity index (χ1v) is 0.742. The van der Waals surface area contributed by atoms with Crippen LogP contribution in [0.25, 0.3) is 0 Å². The minimum absolute atomic E-state index is 0. The van der Waals surface area contributed by atoms with E-state index in [4.69, 9.17) is 0 Å². The van der Waals surface area contributed by atoms with Gasteiger partial charge in [0.25, 0.3) is 0 Å². The van der Waals surface area contributed by atoms with Gasteiger partial charge in [-0.1, -0.05) is 0 Å². The molecule has 40 valence electrons. The van der Waals surface area contributed by atoms with Crippen LogP contribution < -0.4 is 0 Å². The topological polar surface area (TPSA) is 0 Å². The summed E-state index contributed by atoms with van der Waals surface area (Å²) >= 11 is 1.44. The van der Waals surface area contributed by atoms with E-state index in [0.29, 0.717) is 0 Å². The van der Waals surface area contributed by atoms with Crippen molar-refractivity contribution in [3.8, 4) is 0 Å². The molecule has 0 amide bonds. The standard InChI is InChI=1S/BrF.3FH.Na.H/c1-2;;;;;/h;3*1H;;. The molecule has 0 saturated heterocycles. The Kier molecular flexibility index (Phi) is 1110. The summed E-state index contributed by atoms with van der Waals surface area (Å²) in [4.78, 5) is 0. The van der Waals surface area contributed by atoms with Gasteiger partial charge in [0.2, 0.25) is 0 Å². The molecule has 0 aliphatic rings. The molecule has 0 radical (unpaired) electrons. The number of hydrogen-bond acceptors (Lipinski definition) is 0. The summed E-state index contributed by atoms with van der Waals surface area (Å²) in [5.41, 5.74) is 0. The summed E-state index contributed by atoms with van der Waals surface area (Å²) in [6, 6.07) is 0. The molecule has 0 bridgehead atoms. The van der Waals surface area contributed by atoms with Gasteiger partial charge in [-0.05, 0) is 0 Å². The van der Waals surface area contributed by atoms with Gasteiger partial charge in [0.15, 0.2) is 16.4 Å². The van der Waals surface area contributed by atoms with Crippen LogP contribution in [0.3, 0.4) is 0 Å². The molecule has 0 aromatic carbocycles. The first kappa shape index (κ1) is 57.2. The number of halogens is 5. The monoisotopic (exact) mass is 182 g/mol. The van der Waals surface area contributed by atoms with Gasteiger partial charge < -0.3 is 0 Å². The molecule has 0 unspecified atom stereocenters. The third kappa shape index (κ3) is 63.7. The first-order valence-electron chi connectivity index (χ1n) is 0.143. The second-order valence-electron chi connectivity index (χ2n) is 0. The summed E-state index contributed by atoms with van der Waals surface area (Å²) in [5, 5.41) is 0. The van der Waals surface area contributed by atoms with Crippen molar-refractivity contribution in [2.45, 2.75) is 0 Å². The number of hydrogen-bond donors (Lipinski definition) is 0. The van der Waals surface area contributed by atoms with Crippen LogP contribution in [0.5, 0.6) is 0 Å². The molecular formula is H4BrF4Na. The molecule has 6 heteroatoms. The van der Waals surface area contributed by atoms with Crippen LogP contribution in [0.4, 0.5) is 17.7 Å². The van der Waals surface area contributed by atoms with E-state index in [0.717, 1.165) is 0 Å². The predicted molar refractivity (Wildman–Crippen MR) is 24.7 cm³/mol. The van der Waals surface area contributed by atoms with Crippen molar-refractivity contribution in [1.29, 1.82) is 0 Å². The van der Waals surface area contributed by atoms with E-state index in [2.05, 4.69) is 0 Å². The Morgan fingerprint density at radius 2 is 0.833 bits per heavy atom. The van der Waals surface area contributed by atoms with Crippen molar-refractivity contribution >= 4 is 45.9 Å². The van der Waals surface area contributed by atoms with Crippen LogP contribution in [0.15, 0.2) is 0 Å². The molecule has 0 fully saturated rings. The molecule has 0 saturated carbocycles. The zero-order chi connectivity index (χ0) is 2.00. The van der Waals surface area contributed by atoms with Crippen molar-refractivity contribution in [2.75, 3.05) is 0 Å². The summed E-state index contributed by atoms with van der Waals surface area (Å²) in [7, 11) is 0. The Morgan fingerprint density at radius 3 is 0.833 bits per heavy atom. The Balaban J connectivity index is -0.000000000833. The Hall–Kier alpha value is 1.20. The van der Waals surface area contributed by atoms with Crippen molar-refractivity contribution in [2.24, 2.45) is 0 Å². The van der Waals surface area contributed by atoms with E-state index in [1.54, 1.807) is 0 Å². The summed E-state index contributed by atoms with van der Waals surface area (Å²) in [5.74, 6) is 0. The Bertz CT molecular complexity index is 7.51. The second kappa shape index (κ2) is 116. The van der Waals surface area contributed by atoms with Crippen LogP contribution in [-0.2, 0) is 0 Å². The molecule has 0 aromatic rings. The Labute approximate surface area is 63.5 Å². The molecular weight excluding hydrogens is 179 g/mol. The summed E-state index contributed by atoms with van der Waals surface area (Å²) in [6.45, 7) is 0. The fourth-order valence-corrected chi connectivity index (χ4v) is 0. The molecule has 0 rings (SSSR count). The first-order chi connectivity index (χ1) is 1.00. The van der Waals surface area contributed by atoms with Crippen LogP contribution in [0.2, 0.25) is 0 Å². The SMILES string of the molecule is F.F.F.FBr.[NaH]. The van der Waals surface area contributed by atoms with Crippen LogP contribution >= 0.6 is 16.4 Å². The maximum atomic E-state index is 9.31. The van der Waals surface area contributed by atoms with E-state index >= 15 is 0 Å². The van der Waals surface area contributed by atoms with E-state index in [9.17, 15) is 3.56 Å². The van der Waals surface area contributed by atoms with E-state index in [1.165, 1.54) is 16.4 Å². The Morgan fingerprint density at radius 1 is 0.833 bits per heavy atom. The zero-order valence-electron chi connectivity index (χ0n) is 1.98. The molecule has 0 heterocycles. The maximum absolute atomic E-state index is 9.31. The van der Waals surface area contributed by atoms with Crippen LogP contribution in [0.1, 0.15) is 0 Å². The van der Waals surface area contributed by atoms with Crippen LogP contribution in [-0.4, -0.2) is 29.6 Å². The van der Waals surface area contributed by atoms with Crippen molar-refractivity contribution in [1.82, 2.24) is 0 Å². The quantitative estimate of drug-likeness (QED) is 0.389. The van der Waals surface area contributed by atoms with E-state index in [-0.39, 0.29) is 43.7 Å². The minimum atomic E-state index is 0. The van der Waals surface area contributed by atoms with Gasteiger partial charge in [-0.15, -0.1) is 0 Å². The van der Waals surface area contributed by atoms with Gasteiger partial charge in [0.1, 0.15) is 0 Å². The van der Waals surface area contributed by atoms with E-state index in [1.807, 2.05) is 0 Å². The molecule has 0 nitrogen and oxygen atoms in total. The molecule has 0 N–H and O–H groups in total. The fraction of sp³-hybridized carbons (Fsp3) is 0. The molecule has 6 heavy (non-hydrogen) atoms. The van der Waals surface area contributed by atoms with Crippen molar-refractivity contribution < 1.29 is 17.7 Å². The summed E-state index contributed by atoms with van der Waals surface area (Å²) < 4.78 is 9.31. The second-order valence-corrected chi connectivity index (χ2v) is 0. The van der Waals surface area contributed by atoms with E-state index < -0.39 is 0 Å². The van der Waals surface area contributed by atoms with Gasteiger partial charge in [-0.2, -0.15) is 3.56 Å². The predicted octanol–water partition coefficient (Wildman–Crippen LogP) is 1.07. The average molecular weight is 183 g/mol. The average Bonchev–Trinajstić information content (AvgIpc) is 1.00. The molecule has 0 spiro atoms. The van der Waals surface area contributed by atoms with Crippen molar-refractivity contribution in [3.63, 3.8) is 0 Å². The van der Waals surface area contributed by atoms with Gasteiger partial charge >= 0.3 is 29.6 Å². The molecule has 0 aromatic heterocycles. The summed E-state index contributed by atoms with van der Waals surface area (Å²) in [6.07, 6.45) is 0. The molecule has 0 aliphatic carbocycles. The van der Waals surface area contributed by atoms with Crippen LogP contribution in [0, 0.1) is 0 Å². The number of rotatable bonds is 0. The fourth-order valence-electron chi connectivity index (χ4n) is 0. The van der Waals surface area contributed by atoms with Gasteiger partial charge in [0, 0.05) is 0 Å². The van der Waals surface area contributed by atoms with Gasteiger partial charge in [0.05, 0.1) is 0 Å². The molecule has 0 aliphatic heterocycles. The third-order valence-electron chi connectivity index (χ3n) is 0. The molecule has 0 atom stereocenters. The van der Waals surface area contributed by atoms with Crippen molar-refractivity contribution in [3.05, 3.63) is 0 Å². The normalized spacial score (nSPS) is 1.00.